The van der Waals surface area contributed by atoms with Gasteiger partial charge in [-0.15, -0.1) is 11.3 Å². The monoisotopic (exact) mass is 337 g/mol. The lowest BCUT2D eigenvalue weighted by Crippen LogP contribution is -2.21. The summed E-state index contributed by atoms with van der Waals surface area (Å²) in [6.07, 6.45) is 0.561. The van der Waals surface area contributed by atoms with Gasteiger partial charge in [-0.05, 0) is 40.0 Å². The van der Waals surface area contributed by atoms with Crippen molar-refractivity contribution in [3.63, 3.8) is 0 Å². The van der Waals surface area contributed by atoms with Gasteiger partial charge in [0.1, 0.15) is 0 Å². The van der Waals surface area contributed by atoms with E-state index in [9.17, 15) is 4.79 Å². The number of rotatable bonds is 6. The van der Waals surface area contributed by atoms with Crippen molar-refractivity contribution in [3.05, 3.63) is 56.7 Å². The summed E-state index contributed by atoms with van der Waals surface area (Å²) in [6, 6.07) is 11.6. The van der Waals surface area contributed by atoms with E-state index < -0.39 is 0 Å². The average molecular weight is 338 g/mol. The van der Waals surface area contributed by atoms with Gasteiger partial charge in [-0.2, -0.15) is 0 Å². The molecule has 0 spiro atoms. The molecule has 1 heterocycles. The van der Waals surface area contributed by atoms with Gasteiger partial charge in [-0.3, -0.25) is 4.79 Å². The second-order valence-corrected chi connectivity index (χ2v) is 6.83. The molecule has 1 aromatic carbocycles. The highest BCUT2D eigenvalue weighted by Gasteiger charge is 2.08. The molecule has 0 aliphatic rings. The third-order valence-corrected chi connectivity index (χ3v) is 4.44. The van der Waals surface area contributed by atoms with Crippen LogP contribution in [0.1, 0.15) is 22.3 Å². The van der Waals surface area contributed by atoms with Gasteiger partial charge in [0.05, 0.1) is 3.79 Å². The highest BCUT2D eigenvalue weighted by Crippen LogP contribution is 2.21. The Morgan fingerprint density at radius 1 is 1.32 bits per heavy atom. The maximum atomic E-state index is 12.0. The van der Waals surface area contributed by atoms with Crippen molar-refractivity contribution in [2.45, 2.75) is 13.0 Å². The van der Waals surface area contributed by atoms with Gasteiger partial charge in [0, 0.05) is 25.1 Å². The number of hydrogen-bond donors (Lipinski definition) is 0. The summed E-state index contributed by atoms with van der Waals surface area (Å²) < 4.78 is 1.15. The molecule has 0 aliphatic heterocycles. The molecule has 0 saturated heterocycles. The summed E-state index contributed by atoms with van der Waals surface area (Å²) in [5.74, 6) is 0.207. The van der Waals surface area contributed by atoms with Crippen LogP contribution in [0.4, 0.5) is 0 Å². The van der Waals surface area contributed by atoms with E-state index in [0.29, 0.717) is 6.42 Å². The number of ketones is 1. The Hall–Kier alpha value is -0.970. The molecule has 1 aromatic heterocycles. The van der Waals surface area contributed by atoms with Gasteiger partial charge < -0.3 is 4.90 Å². The summed E-state index contributed by atoms with van der Waals surface area (Å²) in [4.78, 5) is 14.1. The summed E-state index contributed by atoms with van der Waals surface area (Å²) in [5.41, 5.74) is 2.08. The number of carbonyl (C=O) groups is 1. The normalized spacial score (nSPS) is 10.9. The third-order valence-electron chi connectivity index (χ3n) is 2.89. The van der Waals surface area contributed by atoms with Crippen LogP contribution in [-0.2, 0) is 6.54 Å². The molecule has 0 radical (unpaired) electrons. The van der Waals surface area contributed by atoms with E-state index in [4.69, 9.17) is 0 Å². The summed E-state index contributed by atoms with van der Waals surface area (Å²) >= 11 is 5.15. The Morgan fingerprint density at radius 3 is 2.68 bits per heavy atom. The fraction of sp³-hybridized carbons (Fsp3) is 0.267. The first-order valence-corrected chi connectivity index (χ1v) is 7.82. The molecular weight excluding hydrogens is 322 g/mol. The Bertz CT molecular complexity index is 538. The van der Waals surface area contributed by atoms with Gasteiger partial charge in [-0.25, -0.2) is 0 Å². The van der Waals surface area contributed by atoms with E-state index in [2.05, 4.69) is 32.3 Å². The van der Waals surface area contributed by atoms with Crippen LogP contribution in [0.5, 0.6) is 0 Å². The van der Waals surface area contributed by atoms with E-state index in [1.54, 1.807) is 11.3 Å². The van der Waals surface area contributed by atoms with Crippen molar-refractivity contribution in [1.82, 2.24) is 4.90 Å². The number of thiophene rings is 1. The minimum atomic E-state index is 0.207. The SMILES string of the molecule is CN(CCC(=O)c1ccccc1)Cc1csc(Br)c1. The lowest BCUT2D eigenvalue weighted by atomic mass is 10.1. The molecule has 2 aromatic rings. The number of Topliss-reactive ketones (excluding diaryl/α,β-unsaturated/α-hetero) is 1. The molecule has 0 bridgehead atoms. The predicted molar refractivity (Wildman–Crippen MR) is 83.7 cm³/mol. The minimum Gasteiger partial charge on any atom is -0.302 e. The molecular formula is C15H16BrNOS. The van der Waals surface area contributed by atoms with Crippen LogP contribution in [0.15, 0.2) is 45.6 Å². The molecule has 2 rings (SSSR count). The number of halogens is 1. The van der Waals surface area contributed by atoms with Crippen molar-refractivity contribution in [1.29, 1.82) is 0 Å². The Kier molecular flexibility index (Phi) is 5.31. The minimum absolute atomic E-state index is 0.207. The van der Waals surface area contributed by atoms with Crippen LogP contribution in [0.25, 0.3) is 0 Å². The van der Waals surface area contributed by atoms with Crippen LogP contribution in [0.3, 0.4) is 0 Å². The highest BCUT2D eigenvalue weighted by atomic mass is 79.9. The fourth-order valence-electron chi connectivity index (χ4n) is 1.88. The zero-order valence-corrected chi connectivity index (χ0v) is 13.2. The quantitative estimate of drug-likeness (QED) is 0.735. The van der Waals surface area contributed by atoms with E-state index in [0.717, 1.165) is 22.4 Å². The summed E-state index contributed by atoms with van der Waals surface area (Å²) in [7, 11) is 2.05. The van der Waals surface area contributed by atoms with Crippen molar-refractivity contribution in [3.8, 4) is 0 Å². The molecule has 0 aliphatic carbocycles. The van der Waals surface area contributed by atoms with Crippen LogP contribution in [0, 0.1) is 0 Å². The molecule has 0 N–H and O–H groups in total. The Balaban J connectivity index is 1.80. The van der Waals surface area contributed by atoms with Gasteiger partial charge in [0.25, 0.3) is 0 Å². The average Bonchev–Trinajstić information content (AvgIpc) is 2.82. The Labute approximate surface area is 126 Å². The second-order valence-electron chi connectivity index (χ2n) is 4.54. The fourth-order valence-corrected chi connectivity index (χ4v) is 3.08. The van der Waals surface area contributed by atoms with Crippen LogP contribution in [0.2, 0.25) is 0 Å². The summed E-state index contributed by atoms with van der Waals surface area (Å²) in [5, 5.41) is 2.14. The molecule has 0 saturated carbocycles. The Morgan fingerprint density at radius 2 is 2.05 bits per heavy atom. The molecule has 19 heavy (non-hydrogen) atoms. The van der Waals surface area contributed by atoms with E-state index in [1.807, 2.05) is 37.4 Å². The molecule has 4 heteroatoms. The van der Waals surface area contributed by atoms with Gasteiger partial charge in [-0.1, -0.05) is 30.3 Å². The number of nitrogens with zero attached hydrogens (tertiary/aromatic N) is 1. The second kappa shape index (κ2) is 6.98. The maximum Gasteiger partial charge on any atom is 0.164 e. The highest BCUT2D eigenvalue weighted by molar-refractivity contribution is 9.11. The third kappa shape index (κ3) is 4.56. The molecule has 100 valence electrons. The van der Waals surface area contributed by atoms with Gasteiger partial charge in [0.15, 0.2) is 5.78 Å². The molecule has 0 atom stereocenters. The molecule has 0 amide bonds. The lowest BCUT2D eigenvalue weighted by molar-refractivity contribution is 0.0968. The van der Waals surface area contributed by atoms with E-state index >= 15 is 0 Å². The van der Waals surface area contributed by atoms with Crippen LogP contribution < -0.4 is 0 Å². The van der Waals surface area contributed by atoms with Crippen molar-refractivity contribution in [2.24, 2.45) is 0 Å². The largest absolute Gasteiger partial charge is 0.302 e. The van der Waals surface area contributed by atoms with Gasteiger partial charge >= 0.3 is 0 Å². The van der Waals surface area contributed by atoms with E-state index in [1.165, 1.54) is 5.56 Å². The molecule has 0 unspecified atom stereocenters. The zero-order valence-electron chi connectivity index (χ0n) is 10.8. The number of benzene rings is 1. The van der Waals surface area contributed by atoms with E-state index in [-0.39, 0.29) is 5.78 Å². The smallest absolute Gasteiger partial charge is 0.164 e. The van der Waals surface area contributed by atoms with Crippen molar-refractivity contribution in [2.75, 3.05) is 13.6 Å². The lowest BCUT2D eigenvalue weighted by Gasteiger charge is -2.15. The zero-order chi connectivity index (χ0) is 13.7. The van der Waals surface area contributed by atoms with Gasteiger partial charge in [0.2, 0.25) is 0 Å². The number of hydrogen-bond acceptors (Lipinski definition) is 3. The standard InChI is InChI=1S/C15H16BrNOS/c1-17(10-12-9-15(16)19-11-12)8-7-14(18)13-5-3-2-4-6-13/h2-6,9,11H,7-8,10H2,1H3. The first kappa shape index (κ1) is 14.4. The predicted octanol–water partition coefficient (Wildman–Crippen LogP) is 4.22. The van der Waals surface area contributed by atoms with Crippen molar-refractivity contribution >= 4 is 33.0 Å². The first-order valence-electron chi connectivity index (χ1n) is 6.15. The van der Waals surface area contributed by atoms with Crippen LogP contribution in [-0.4, -0.2) is 24.3 Å². The number of carbonyl (C=O) groups excluding carboxylic acids is 1. The molecule has 0 fully saturated rings. The van der Waals surface area contributed by atoms with Crippen molar-refractivity contribution < 1.29 is 4.79 Å². The maximum absolute atomic E-state index is 12.0. The first-order chi connectivity index (χ1) is 9.15. The topological polar surface area (TPSA) is 20.3 Å². The van der Waals surface area contributed by atoms with Crippen LogP contribution >= 0.6 is 27.3 Å². The summed E-state index contributed by atoms with van der Waals surface area (Å²) in [6.45, 7) is 1.66. The molecule has 2 nitrogen and oxygen atoms in total.